The molecule has 2 aromatic rings. The molecule has 1 heterocycles. The number of methoxy groups -OCH3 is 1. The third kappa shape index (κ3) is 3.12. The van der Waals surface area contributed by atoms with Crippen LogP contribution in [0.2, 0.25) is 0 Å². The minimum absolute atomic E-state index is 0.0767. The highest BCUT2D eigenvalue weighted by Crippen LogP contribution is 2.26. The standard InChI is InChI=1S/C18H19NO3/c1-21-15-8-6-14(7-9-15)18(20)19-12-17-16-5-3-2-4-13(16)10-11-22-17/h2-9,17H,10-12H2,1H3,(H,19,20)/t17-/m0/s1. The molecular weight excluding hydrogens is 278 g/mol. The van der Waals surface area contributed by atoms with Crippen molar-refractivity contribution in [1.82, 2.24) is 5.32 Å². The Hall–Kier alpha value is -2.33. The molecule has 0 aromatic heterocycles. The lowest BCUT2D eigenvalue weighted by Gasteiger charge is -2.26. The number of fused-ring (bicyclic) bond motifs is 1. The van der Waals surface area contributed by atoms with Gasteiger partial charge in [0.1, 0.15) is 11.9 Å². The van der Waals surface area contributed by atoms with Crippen LogP contribution in [0.15, 0.2) is 48.5 Å². The van der Waals surface area contributed by atoms with Crippen LogP contribution in [0.1, 0.15) is 27.6 Å². The van der Waals surface area contributed by atoms with Gasteiger partial charge in [-0.1, -0.05) is 24.3 Å². The van der Waals surface area contributed by atoms with Crippen LogP contribution < -0.4 is 10.1 Å². The second-order valence-electron chi connectivity index (χ2n) is 5.25. The Balaban J connectivity index is 1.64. The quantitative estimate of drug-likeness (QED) is 0.944. The van der Waals surface area contributed by atoms with Crippen molar-refractivity contribution in [2.24, 2.45) is 0 Å². The first-order valence-corrected chi connectivity index (χ1v) is 7.39. The molecule has 1 aliphatic rings. The summed E-state index contributed by atoms with van der Waals surface area (Å²) in [5, 5.41) is 2.94. The third-order valence-corrected chi connectivity index (χ3v) is 3.89. The van der Waals surface area contributed by atoms with E-state index in [0.29, 0.717) is 18.7 Å². The summed E-state index contributed by atoms with van der Waals surface area (Å²) in [5.74, 6) is 0.635. The molecule has 4 nitrogen and oxygen atoms in total. The molecule has 1 aliphatic heterocycles. The van der Waals surface area contributed by atoms with Gasteiger partial charge in [0.2, 0.25) is 0 Å². The second-order valence-corrected chi connectivity index (χ2v) is 5.25. The first-order chi connectivity index (χ1) is 10.8. The van der Waals surface area contributed by atoms with Gasteiger partial charge in [-0.05, 0) is 41.8 Å². The van der Waals surface area contributed by atoms with Crippen molar-refractivity contribution in [1.29, 1.82) is 0 Å². The predicted octanol–water partition coefficient (Wildman–Crippen LogP) is 2.74. The molecule has 4 heteroatoms. The number of hydrogen-bond acceptors (Lipinski definition) is 3. The Morgan fingerprint density at radius 2 is 2.00 bits per heavy atom. The molecule has 0 saturated heterocycles. The summed E-state index contributed by atoms with van der Waals surface area (Å²) in [7, 11) is 1.60. The van der Waals surface area contributed by atoms with Gasteiger partial charge in [-0.25, -0.2) is 0 Å². The van der Waals surface area contributed by atoms with Crippen LogP contribution in [-0.2, 0) is 11.2 Å². The Morgan fingerprint density at radius 3 is 2.77 bits per heavy atom. The summed E-state index contributed by atoms with van der Waals surface area (Å²) in [6.07, 6.45) is 0.853. The van der Waals surface area contributed by atoms with Crippen molar-refractivity contribution in [3.63, 3.8) is 0 Å². The molecule has 0 bridgehead atoms. The first-order valence-electron chi connectivity index (χ1n) is 7.39. The van der Waals surface area contributed by atoms with E-state index in [1.807, 2.05) is 12.1 Å². The lowest BCUT2D eigenvalue weighted by molar-refractivity contribution is 0.0411. The smallest absolute Gasteiger partial charge is 0.251 e. The molecule has 1 atom stereocenters. The van der Waals surface area contributed by atoms with E-state index < -0.39 is 0 Å². The molecule has 0 spiro atoms. The molecule has 0 saturated carbocycles. The summed E-state index contributed by atoms with van der Waals surface area (Å²) in [6, 6.07) is 15.3. The van der Waals surface area contributed by atoms with E-state index in [1.54, 1.807) is 31.4 Å². The topological polar surface area (TPSA) is 47.6 Å². The minimum atomic E-state index is -0.102. The number of rotatable bonds is 4. The van der Waals surface area contributed by atoms with Crippen LogP contribution in [0.3, 0.4) is 0 Å². The fourth-order valence-corrected chi connectivity index (χ4v) is 2.68. The average molecular weight is 297 g/mol. The van der Waals surface area contributed by atoms with Gasteiger partial charge >= 0.3 is 0 Å². The van der Waals surface area contributed by atoms with Gasteiger partial charge < -0.3 is 14.8 Å². The Bertz CT molecular complexity index is 652. The molecule has 0 fully saturated rings. The van der Waals surface area contributed by atoms with Crippen molar-refractivity contribution in [3.8, 4) is 5.75 Å². The molecule has 2 aromatic carbocycles. The summed E-state index contributed by atoms with van der Waals surface area (Å²) in [5.41, 5.74) is 3.09. The van der Waals surface area contributed by atoms with Gasteiger partial charge in [0.15, 0.2) is 0 Å². The van der Waals surface area contributed by atoms with Gasteiger partial charge in [-0.2, -0.15) is 0 Å². The lowest BCUT2D eigenvalue weighted by Crippen LogP contribution is -2.31. The largest absolute Gasteiger partial charge is 0.497 e. The highest BCUT2D eigenvalue weighted by molar-refractivity contribution is 5.94. The number of hydrogen-bond donors (Lipinski definition) is 1. The second kappa shape index (κ2) is 6.62. The number of ether oxygens (including phenoxy) is 2. The van der Waals surface area contributed by atoms with E-state index in [0.717, 1.165) is 12.2 Å². The van der Waals surface area contributed by atoms with Gasteiger partial charge in [-0.15, -0.1) is 0 Å². The van der Waals surface area contributed by atoms with Gasteiger partial charge in [-0.3, -0.25) is 4.79 Å². The molecule has 3 rings (SSSR count). The maximum atomic E-state index is 12.2. The Kier molecular flexibility index (Phi) is 4.39. The van der Waals surface area contributed by atoms with Crippen LogP contribution in [0.25, 0.3) is 0 Å². The summed E-state index contributed by atoms with van der Waals surface area (Å²) in [6.45, 7) is 1.17. The minimum Gasteiger partial charge on any atom is -0.497 e. The fraction of sp³-hybridized carbons (Fsp3) is 0.278. The van der Waals surface area contributed by atoms with E-state index in [2.05, 4.69) is 17.4 Å². The van der Waals surface area contributed by atoms with E-state index in [4.69, 9.17) is 9.47 Å². The van der Waals surface area contributed by atoms with E-state index in [9.17, 15) is 4.79 Å². The number of carbonyl (C=O) groups excluding carboxylic acids is 1. The Labute approximate surface area is 130 Å². The first kappa shape index (κ1) is 14.6. The van der Waals surface area contributed by atoms with Crippen molar-refractivity contribution in [2.75, 3.05) is 20.3 Å². The average Bonchev–Trinajstić information content (AvgIpc) is 2.59. The van der Waals surface area contributed by atoms with Crippen molar-refractivity contribution in [3.05, 3.63) is 65.2 Å². The highest BCUT2D eigenvalue weighted by atomic mass is 16.5. The van der Waals surface area contributed by atoms with Crippen molar-refractivity contribution >= 4 is 5.91 Å². The number of amides is 1. The van der Waals surface area contributed by atoms with Gasteiger partial charge in [0.25, 0.3) is 5.91 Å². The molecule has 0 aliphatic carbocycles. The third-order valence-electron chi connectivity index (χ3n) is 3.89. The van der Waals surface area contributed by atoms with Crippen LogP contribution in [0.4, 0.5) is 0 Å². The summed E-state index contributed by atoms with van der Waals surface area (Å²) < 4.78 is 10.9. The monoisotopic (exact) mass is 297 g/mol. The maximum Gasteiger partial charge on any atom is 0.251 e. The molecule has 1 amide bonds. The molecule has 1 N–H and O–H groups in total. The zero-order chi connectivity index (χ0) is 15.4. The molecule has 0 radical (unpaired) electrons. The van der Waals surface area contributed by atoms with Crippen LogP contribution in [0, 0.1) is 0 Å². The number of carbonyl (C=O) groups is 1. The van der Waals surface area contributed by atoms with Crippen molar-refractivity contribution in [2.45, 2.75) is 12.5 Å². The fourth-order valence-electron chi connectivity index (χ4n) is 2.68. The lowest BCUT2D eigenvalue weighted by atomic mass is 9.97. The van der Waals surface area contributed by atoms with E-state index in [-0.39, 0.29) is 12.0 Å². The molecule has 0 unspecified atom stereocenters. The summed E-state index contributed by atoms with van der Waals surface area (Å²) >= 11 is 0. The number of nitrogens with one attached hydrogen (secondary N) is 1. The SMILES string of the molecule is COc1ccc(C(=O)NC[C@@H]2OCCc3ccccc32)cc1. The molecule has 22 heavy (non-hydrogen) atoms. The maximum absolute atomic E-state index is 12.2. The van der Waals surface area contributed by atoms with Gasteiger partial charge in [0, 0.05) is 12.1 Å². The Morgan fingerprint density at radius 1 is 1.23 bits per heavy atom. The zero-order valence-corrected chi connectivity index (χ0v) is 12.5. The van der Waals surface area contributed by atoms with Crippen LogP contribution in [0.5, 0.6) is 5.75 Å². The normalized spacial score (nSPS) is 16.7. The van der Waals surface area contributed by atoms with E-state index >= 15 is 0 Å². The predicted molar refractivity (Wildman–Crippen MR) is 84.2 cm³/mol. The van der Waals surface area contributed by atoms with Crippen LogP contribution in [-0.4, -0.2) is 26.2 Å². The van der Waals surface area contributed by atoms with E-state index in [1.165, 1.54) is 11.1 Å². The zero-order valence-electron chi connectivity index (χ0n) is 12.5. The molecular formula is C18H19NO3. The van der Waals surface area contributed by atoms with Gasteiger partial charge in [0.05, 0.1) is 13.7 Å². The highest BCUT2D eigenvalue weighted by Gasteiger charge is 2.21. The van der Waals surface area contributed by atoms with Crippen LogP contribution >= 0.6 is 0 Å². The van der Waals surface area contributed by atoms with Crippen molar-refractivity contribution < 1.29 is 14.3 Å². The molecule has 114 valence electrons. The number of benzene rings is 2. The summed E-state index contributed by atoms with van der Waals surface area (Å²) in [4.78, 5) is 12.2.